The van der Waals surface area contributed by atoms with Gasteiger partial charge >= 0.3 is 0 Å². The van der Waals surface area contributed by atoms with Gasteiger partial charge in [0.15, 0.2) is 0 Å². The van der Waals surface area contributed by atoms with E-state index in [1.807, 2.05) is 52.0 Å². The van der Waals surface area contributed by atoms with Gasteiger partial charge in [0, 0.05) is 49.1 Å². The van der Waals surface area contributed by atoms with E-state index in [1.165, 1.54) is 11.8 Å². The topological polar surface area (TPSA) is 158 Å². The molecule has 2 heterocycles. The first-order chi connectivity index (χ1) is 25.1. The summed E-state index contributed by atoms with van der Waals surface area (Å²) in [6.45, 7) is 13.0. The highest BCUT2D eigenvalue weighted by Gasteiger charge is 2.30. The Kier molecular flexibility index (Phi) is 16.5. The van der Waals surface area contributed by atoms with Crippen molar-refractivity contribution in [1.29, 1.82) is 5.41 Å². The first-order valence-electron chi connectivity index (χ1n) is 18.5. The van der Waals surface area contributed by atoms with Crippen LogP contribution in [0.4, 0.5) is 5.69 Å². The lowest BCUT2D eigenvalue weighted by molar-refractivity contribution is -0.118. The monoisotopic (exact) mass is 730 g/mol. The number of para-hydroxylation sites is 1. The van der Waals surface area contributed by atoms with Crippen LogP contribution in [0.25, 0.3) is 11.1 Å². The van der Waals surface area contributed by atoms with Gasteiger partial charge in [0.1, 0.15) is 23.0 Å². The number of nitrogens with one attached hydrogen (secondary N) is 4. The fourth-order valence-electron chi connectivity index (χ4n) is 5.41. The number of hydrogen-bond donors (Lipinski definition) is 5. The van der Waals surface area contributed by atoms with Gasteiger partial charge in [-0.15, -0.1) is 11.8 Å². The van der Waals surface area contributed by atoms with Gasteiger partial charge in [0.25, 0.3) is 11.8 Å². The predicted octanol–water partition coefficient (Wildman–Crippen LogP) is 7.70. The van der Waals surface area contributed by atoms with Crippen molar-refractivity contribution < 1.29 is 14.3 Å². The molecule has 11 nitrogen and oxygen atoms in total. The van der Waals surface area contributed by atoms with E-state index in [-0.39, 0.29) is 34.7 Å². The van der Waals surface area contributed by atoms with Gasteiger partial charge < -0.3 is 31.3 Å². The van der Waals surface area contributed by atoms with Crippen molar-refractivity contribution in [2.75, 3.05) is 33.1 Å². The highest BCUT2D eigenvalue weighted by molar-refractivity contribution is 8.03. The SMILES string of the molecule is CC.CC.CCC(C)CC1=CSC(CN(C)C(=O)c2ccc(-c3cccc(N/C(=C/C(N)=NC(=O)C4CC4)C(=N)C(NC)=C4CC4)c3OC)cn2)N1. The lowest BCUT2D eigenvalue weighted by Crippen LogP contribution is -2.38. The Labute approximate surface area is 314 Å². The molecule has 2 saturated carbocycles. The highest BCUT2D eigenvalue weighted by atomic mass is 32.2. The second-order valence-corrected chi connectivity index (χ2v) is 13.6. The molecule has 1 aromatic heterocycles. The quantitative estimate of drug-likeness (QED) is 0.0915. The summed E-state index contributed by atoms with van der Waals surface area (Å²) in [5, 5.41) is 21.3. The van der Waals surface area contributed by atoms with Crippen LogP contribution in [0.3, 0.4) is 0 Å². The molecule has 2 aromatic rings. The fraction of sp³-hybridized carbons (Fsp3) is 0.475. The van der Waals surface area contributed by atoms with Crippen LogP contribution in [0.15, 0.2) is 75.7 Å². The molecule has 3 aliphatic rings. The Balaban J connectivity index is 0.00000176. The molecule has 2 amide bonds. The summed E-state index contributed by atoms with van der Waals surface area (Å²) >= 11 is 1.71. The van der Waals surface area contributed by atoms with Crippen molar-refractivity contribution in [3.8, 4) is 16.9 Å². The zero-order valence-electron chi connectivity index (χ0n) is 32.4. The van der Waals surface area contributed by atoms with E-state index in [9.17, 15) is 9.59 Å². The lowest BCUT2D eigenvalue weighted by Gasteiger charge is -2.22. The Morgan fingerprint density at radius 1 is 1.19 bits per heavy atom. The Morgan fingerprint density at radius 2 is 1.90 bits per heavy atom. The summed E-state index contributed by atoms with van der Waals surface area (Å²) < 4.78 is 5.88. The van der Waals surface area contributed by atoms with Crippen molar-refractivity contribution in [2.45, 2.75) is 85.4 Å². The largest absolute Gasteiger partial charge is 0.494 e. The van der Waals surface area contributed by atoms with Crippen LogP contribution in [-0.4, -0.2) is 66.4 Å². The standard InChI is InChI=1S/C36H46N8O3S.2C2H6/c1-6-21(2)16-25-20-48-31(41-25)19-44(4)36(46)28-15-14-24(18-40-28)26-8-7-9-27(34(26)47-5)42-29(32(38)33(39-3)22-10-11-22)17-30(37)43-35(45)23-12-13-23;2*1-2/h7-9,14-15,17-18,20-21,23,31,38-39,41-42H,6,10-13,16,19H2,1-5H3,(H2,37,43,45);2*1-2H3/b29-17+,38-32?;;. The maximum atomic E-state index is 13.3. The number of rotatable bonds is 15. The smallest absolute Gasteiger partial charge is 0.272 e. The minimum Gasteiger partial charge on any atom is -0.494 e. The summed E-state index contributed by atoms with van der Waals surface area (Å²) in [6.07, 6.45) is 8.83. The zero-order chi connectivity index (χ0) is 38.4. The van der Waals surface area contributed by atoms with Crippen molar-refractivity contribution in [3.63, 3.8) is 0 Å². The normalized spacial score (nSPS) is 16.8. The number of aromatic nitrogens is 1. The predicted molar refractivity (Wildman–Crippen MR) is 217 cm³/mol. The number of allylic oxidation sites excluding steroid dienone is 2. The second-order valence-electron chi connectivity index (χ2n) is 12.6. The molecule has 12 heteroatoms. The minimum atomic E-state index is -0.235. The van der Waals surface area contributed by atoms with Crippen LogP contribution in [0, 0.1) is 17.2 Å². The molecule has 1 aromatic carbocycles. The first-order valence-corrected chi connectivity index (χ1v) is 19.4. The van der Waals surface area contributed by atoms with E-state index in [0.717, 1.165) is 55.2 Å². The molecule has 6 N–H and O–H groups in total. The molecule has 0 spiro atoms. The first kappa shape index (κ1) is 41.8. The van der Waals surface area contributed by atoms with Gasteiger partial charge in [0.05, 0.1) is 36.1 Å². The lowest BCUT2D eigenvalue weighted by atomic mass is 10.0. The van der Waals surface area contributed by atoms with Crippen LogP contribution in [0.1, 0.15) is 90.6 Å². The third-order valence-electron chi connectivity index (χ3n) is 8.64. The number of carbonyl (C=O) groups excluding carboxylic acids is 2. The molecule has 2 atom stereocenters. The van der Waals surface area contributed by atoms with Crippen LogP contribution in [-0.2, 0) is 4.79 Å². The molecule has 0 bridgehead atoms. The number of aliphatic imine (C=N–C) groups is 1. The molecule has 5 rings (SSSR count). The van der Waals surface area contributed by atoms with Gasteiger partial charge in [-0.25, -0.2) is 0 Å². The van der Waals surface area contributed by atoms with Crippen molar-refractivity contribution >= 4 is 40.8 Å². The maximum Gasteiger partial charge on any atom is 0.272 e. The molecule has 52 heavy (non-hydrogen) atoms. The van der Waals surface area contributed by atoms with Crippen LogP contribution in [0.2, 0.25) is 0 Å². The van der Waals surface area contributed by atoms with Gasteiger partial charge in [0.2, 0.25) is 0 Å². The number of benzene rings is 1. The Morgan fingerprint density at radius 3 is 2.48 bits per heavy atom. The molecule has 0 saturated heterocycles. The number of methoxy groups -OCH3 is 1. The van der Waals surface area contributed by atoms with E-state index in [2.05, 4.69) is 45.2 Å². The molecule has 1 aliphatic heterocycles. The average molecular weight is 731 g/mol. The minimum absolute atomic E-state index is 0.0325. The molecular formula is C40H58N8O3S. The van der Waals surface area contributed by atoms with Crippen molar-refractivity contribution in [3.05, 3.63) is 76.4 Å². The molecular weight excluding hydrogens is 673 g/mol. The van der Waals surface area contributed by atoms with Crippen molar-refractivity contribution in [1.82, 2.24) is 20.5 Å². The Bertz CT molecular complexity index is 1670. The maximum absolute atomic E-state index is 13.3. The molecule has 282 valence electrons. The molecule has 2 aliphatic carbocycles. The molecule has 2 unspecified atom stereocenters. The van der Waals surface area contributed by atoms with E-state index < -0.39 is 0 Å². The van der Waals surface area contributed by atoms with E-state index in [4.69, 9.17) is 15.9 Å². The van der Waals surface area contributed by atoms with Crippen LogP contribution in [0.5, 0.6) is 5.75 Å². The number of anilines is 1. The van der Waals surface area contributed by atoms with E-state index in [1.54, 1.807) is 50.1 Å². The molecule has 0 radical (unpaired) electrons. The van der Waals surface area contributed by atoms with Crippen molar-refractivity contribution in [2.24, 2.45) is 22.6 Å². The third kappa shape index (κ3) is 11.5. The number of amidine groups is 1. The van der Waals surface area contributed by atoms with Gasteiger partial charge in [-0.1, -0.05) is 66.2 Å². The van der Waals surface area contributed by atoms with E-state index in [0.29, 0.717) is 41.0 Å². The summed E-state index contributed by atoms with van der Waals surface area (Å²) in [5.41, 5.74) is 12.3. The van der Waals surface area contributed by atoms with Gasteiger partial charge in [-0.3, -0.25) is 20.0 Å². The number of pyridine rings is 1. The summed E-state index contributed by atoms with van der Waals surface area (Å²) in [6, 6.07) is 9.20. The van der Waals surface area contributed by atoms with Gasteiger partial charge in [-0.2, -0.15) is 4.99 Å². The van der Waals surface area contributed by atoms with E-state index >= 15 is 0 Å². The number of nitrogens with zero attached hydrogens (tertiary/aromatic N) is 3. The number of thioether (sulfide) groups is 1. The fourth-order valence-corrected chi connectivity index (χ4v) is 6.44. The second kappa shape index (κ2) is 20.5. The molecule has 2 fully saturated rings. The Hall–Kier alpha value is -4.58. The summed E-state index contributed by atoms with van der Waals surface area (Å²) in [7, 11) is 5.16. The number of nitrogens with two attached hydrogens (primary N) is 1. The number of hydrogen-bond acceptors (Lipinski definition) is 9. The number of carbonyl (C=O) groups is 2. The van der Waals surface area contributed by atoms with Crippen LogP contribution >= 0.6 is 11.8 Å². The summed E-state index contributed by atoms with van der Waals surface area (Å²) in [4.78, 5) is 35.9. The number of ether oxygens (including phenoxy) is 1. The van der Waals surface area contributed by atoms with Gasteiger partial charge in [-0.05, 0) is 61.1 Å². The number of amides is 2. The van der Waals surface area contributed by atoms with Crippen LogP contribution < -0.4 is 26.4 Å². The average Bonchev–Trinajstić information content (AvgIpc) is 4.11. The summed E-state index contributed by atoms with van der Waals surface area (Å²) in [5.74, 6) is 0.722. The number of likely N-dealkylation sites (N-methyl/N-ethyl adjacent to an activating group) is 1. The highest BCUT2D eigenvalue weighted by Crippen LogP contribution is 2.38. The zero-order valence-corrected chi connectivity index (χ0v) is 33.2. The third-order valence-corrected chi connectivity index (χ3v) is 9.65.